The van der Waals surface area contributed by atoms with E-state index in [4.69, 9.17) is 0 Å². The molecule has 0 saturated heterocycles. The first-order valence-corrected chi connectivity index (χ1v) is 5.72. The maximum absolute atomic E-state index is 2.34. The first-order valence-electron chi connectivity index (χ1n) is 4.84. The Labute approximate surface area is 83.2 Å². The second-order valence-electron chi connectivity index (χ2n) is 3.29. The smallest absolute Gasteiger partial charge is 0.0348 e. The summed E-state index contributed by atoms with van der Waals surface area (Å²) >= 11 is 1.85. The Balaban J connectivity index is 2.70. The molecule has 0 unspecified atom stereocenters. The summed E-state index contributed by atoms with van der Waals surface area (Å²) in [6.07, 6.45) is 2.28. The minimum atomic E-state index is 1.14. The van der Waals surface area contributed by atoms with E-state index in [2.05, 4.69) is 37.4 Å². The second kappa shape index (κ2) is 3.51. The summed E-state index contributed by atoms with van der Waals surface area (Å²) < 4.78 is 1.44. The molecular weight excluding hydrogens is 176 g/mol. The highest BCUT2D eigenvalue weighted by molar-refractivity contribution is 7.17. The van der Waals surface area contributed by atoms with Crippen LogP contribution in [0, 0.1) is 0 Å². The van der Waals surface area contributed by atoms with Crippen molar-refractivity contribution in [1.29, 1.82) is 0 Å². The Hall–Kier alpha value is -0.820. The molecule has 0 amide bonds. The van der Waals surface area contributed by atoms with Crippen molar-refractivity contribution in [3.05, 3.63) is 34.7 Å². The van der Waals surface area contributed by atoms with Crippen molar-refractivity contribution in [3.63, 3.8) is 0 Å². The van der Waals surface area contributed by atoms with Crippen LogP contribution in [-0.2, 0) is 12.8 Å². The highest BCUT2D eigenvalue weighted by atomic mass is 32.1. The van der Waals surface area contributed by atoms with Gasteiger partial charge in [-0.1, -0.05) is 19.9 Å². The molecule has 0 spiro atoms. The van der Waals surface area contributed by atoms with E-state index in [0.29, 0.717) is 0 Å². The molecule has 0 N–H and O–H groups in total. The van der Waals surface area contributed by atoms with E-state index in [-0.39, 0.29) is 0 Å². The van der Waals surface area contributed by atoms with Crippen molar-refractivity contribution in [2.45, 2.75) is 26.7 Å². The molecule has 0 atom stereocenters. The molecule has 2 rings (SSSR count). The quantitative estimate of drug-likeness (QED) is 0.670. The van der Waals surface area contributed by atoms with Crippen LogP contribution < -0.4 is 0 Å². The molecule has 0 saturated carbocycles. The normalized spacial score (nSPS) is 10.9. The lowest BCUT2D eigenvalue weighted by molar-refractivity contribution is 1.10. The minimum absolute atomic E-state index is 1.14. The largest absolute Gasteiger partial charge is 0.144 e. The topological polar surface area (TPSA) is 0 Å². The van der Waals surface area contributed by atoms with Gasteiger partial charge in [0.2, 0.25) is 0 Å². The standard InChI is InChI=1S/C12H14S/c1-3-9-7-10(4-2)11-5-6-13-12(11)8-9/h5-8H,3-4H2,1-2H3. The van der Waals surface area contributed by atoms with Gasteiger partial charge >= 0.3 is 0 Å². The second-order valence-corrected chi connectivity index (χ2v) is 4.24. The summed E-state index contributed by atoms with van der Waals surface area (Å²) in [5.41, 5.74) is 2.96. The Morgan fingerprint density at radius 1 is 1.15 bits per heavy atom. The van der Waals surface area contributed by atoms with Crippen LogP contribution in [0.5, 0.6) is 0 Å². The van der Waals surface area contributed by atoms with E-state index in [1.165, 1.54) is 21.2 Å². The summed E-state index contributed by atoms with van der Waals surface area (Å²) in [4.78, 5) is 0. The third-order valence-electron chi connectivity index (χ3n) is 2.51. The molecule has 0 bridgehead atoms. The van der Waals surface area contributed by atoms with Crippen LogP contribution in [-0.4, -0.2) is 0 Å². The lowest BCUT2D eigenvalue weighted by Gasteiger charge is -2.03. The number of fused-ring (bicyclic) bond motifs is 1. The Kier molecular flexibility index (Phi) is 2.36. The fourth-order valence-electron chi connectivity index (χ4n) is 1.71. The van der Waals surface area contributed by atoms with Gasteiger partial charge in [-0.15, -0.1) is 11.3 Å². The molecule has 0 radical (unpaired) electrons. The maximum atomic E-state index is 2.34. The molecule has 0 aliphatic rings. The molecule has 1 aromatic carbocycles. The van der Waals surface area contributed by atoms with E-state index >= 15 is 0 Å². The van der Waals surface area contributed by atoms with Gasteiger partial charge < -0.3 is 0 Å². The summed E-state index contributed by atoms with van der Waals surface area (Å²) in [5, 5.41) is 3.63. The molecule has 1 heterocycles. The number of hydrogen-bond acceptors (Lipinski definition) is 1. The van der Waals surface area contributed by atoms with E-state index in [1.54, 1.807) is 0 Å². The molecule has 0 fully saturated rings. The molecule has 0 nitrogen and oxygen atoms in total. The minimum Gasteiger partial charge on any atom is -0.144 e. The SMILES string of the molecule is CCc1cc(CC)c2ccsc2c1. The zero-order valence-electron chi connectivity index (χ0n) is 8.13. The molecule has 1 aromatic heterocycles. The molecule has 0 aliphatic carbocycles. The highest BCUT2D eigenvalue weighted by Crippen LogP contribution is 2.26. The Morgan fingerprint density at radius 2 is 2.00 bits per heavy atom. The van der Waals surface area contributed by atoms with Gasteiger partial charge in [-0.3, -0.25) is 0 Å². The van der Waals surface area contributed by atoms with Crippen molar-refractivity contribution < 1.29 is 0 Å². The van der Waals surface area contributed by atoms with E-state index in [0.717, 1.165) is 12.8 Å². The summed E-state index contributed by atoms with van der Waals surface area (Å²) in [7, 11) is 0. The van der Waals surface area contributed by atoms with Crippen molar-refractivity contribution in [2.24, 2.45) is 0 Å². The zero-order chi connectivity index (χ0) is 9.26. The van der Waals surface area contributed by atoms with Crippen molar-refractivity contribution in [2.75, 3.05) is 0 Å². The molecule has 2 aromatic rings. The number of thiophene rings is 1. The Bertz CT molecular complexity index is 412. The number of hydrogen-bond donors (Lipinski definition) is 0. The fourth-order valence-corrected chi connectivity index (χ4v) is 2.60. The lowest BCUT2D eigenvalue weighted by Crippen LogP contribution is -1.85. The molecule has 1 heteroatoms. The first-order chi connectivity index (χ1) is 6.35. The highest BCUT2D eigenvalue weighted by Gasteiger charge is 2.02. The van der Waals surface area contributed by atoms with Crippen LogP contribution >= 0.6 is 11.3 Å². The van der Waals surface area contributed by atoms with Crippen LogP contribution in [0.25, 0.3) is 10.1 Å². The van der Waals surface area contributed by atoms with Crippen LogP contribution in [0.4, 0.5) is 0 Å². The van der Waals surface area contributed by atoms with Crippen molar-refractivity contribution >= 4 is 21.4 Å². The van der Waals surface area contributed by atoms with Gasteiger partial charge in [-0.05, 0) is 46.9 Å². The maximum Gasteiger partial charge on any atom is 0.0348 e. The molecular formula is C12H14S. The van der Waals surface area contributed by atoms with Gasteiger partial charge in [-0.25, -0.2) is 0 Å². The van der Waals surface area contributed by atoms with Gasteiger partial charge in [0, 0.05) is 4.70 Å². The van der Waals surface area contributed by atoms with Crippen LogP contribution in [0.15, 0.2) is 23.6 Å². The average Bonchev–Trinajstić information content (AvgIpc) is 2.63. The Morgan fingerprint density at radius 3 is 2.69 bits per heavy atom. The van der Waals surface area contributed by atoms with Crippen LogP contribution in [0.2, 0.25) is 0 Å². The lowest BCUT2D eigenvalue weighted by atomic mass is 10.0. The zero-order valence-corrected chi connectivity index (χ0v) is 8.95. The van der Waals surface area contributed by atoms with Crippen LogP contribution in [0.1, 0.15) is 25.0 Å². The average molecular weight is 190 g/mol. The predicted molar refractivity (Wildman–Crippen MR) is 60.6 cm³/mol. The van der Waals surface area contributed by atoms with Gasteiger partial charge in [0.1, 0.15) is 0 Å². The monoisotopic (exact) mass is 190 g/mol. The van der Waals surface area contributed by atoms with Gasteiger partial charge in [0.25, 0.3) is 0 Å². The third-order valence-corrected chi connectivity index (χ3v) is 3.37. The van der Waals surface area contributed by atoms with Crippen molar-refractivity contribution in [1.82, 2.24) is 0 Å². The van der Waals surface area contributed by atoms with Gasteiger partial charge in [0.15, 0.2) is 0 Å². The predicted octanol–water partition coefficient (Wildman–Crippen LogP) is 4.03. The van der Waals surface area contributed by atoms with Gasteiger partial charge in [-0.2, -0.15) is 0 Å². The summed E-state index contributed by atoms with van der Waals surface area (Å²) in [6, 6.07) is 6.90. The summed E-state index contributed by atoms with van der Waals surface area (Å²) in [5.74, 6) is 0. The third kappa shape index (κ3) is 1.49. The van der Waals surface area contributed by atoms with E-state index in [1.807, 2.05) is 11.3 Å². The molecule has 68 valence electrons. The van der Waals surface area contributed by atoms with Crippen molar-refractivity contribution in [3.8, 4) is 0 Å². The van der Waals surface area contributed by atoms with E-state index < -0.39 is 0 Å². The first kappa shape index (κ1) is 8.76. The van der Waals surface area contributed by atoms with E-state index in [9.17, 15) is 0 Å². The number of rotatable bonds is 2. The fraction of sp³-hybridized carbons (Fsp3) is 0.333. The van der Waals surface area contributed by atoms with Gasteiger partial charge in [0.05, 0.1) is 0 Å². The van der Waals surface area contributed by atoms with Crippen LogP contribution in [0.3, 0.4) is 0 Å². The number of aryl methyl sites for hydroxylation is 2. The summed E-state index contributed by atoms with van der Waals surface area (Å²) in [6.45, 7) is 4.44. The molecule has 13 heavy (non-hydrogen) atoms. The number of benzene rings is 1. The molecule has 0 aliphatic heterocycles.